The normalized spacial score (nSPS) is 11.2. The fourth-order valence-electron chi connectivity index (χ4n) is 1.40. The van der Waals surface area contributed by atoms with E-state index in [-0.39, 0.29) is 29.6 Å². The maximum absolute atomic E-state index is 11.9. The van der Waals surface area contributed by atoms with E-state index in [0.29, 0.717) is 0 Å². The Morgan fingerprint density at radius 1 is 1.45 bits per heavy atom. The second-order valence-corrected chi connectivity index (χ2v) is 4.64. The highest BCUT2D eigenvalue weighted by molar-refractivity contribution is 8.00. The van der Waals surface area contributed by atoms with Gasteiger partial charge in [-0.2, -0.15) is 13.2 Å². The number of rotatable bonds is 6. The highest BCUT2D eigenvalue weighted by Gasteiger charge is 2.28. The Morgan fingerprint density at radius 3 is 2.60 bits per heavy atom. The highest BCUT2D eigenvalue weighted by Crippen LogP contribution is 2.31. The van der Waals surface area contributed by atoms with E-state index in [0.717, 1.165) is 12.1 Å². The summed E-state index contributed by atoms with van der Waals surface area (Å²) < 4.78 is 35.8. The molecule has 0 saturated carbocycles. The Morgan fingerprint density at radius 2 is 2.10 bits per heavy atom. The molecule has 10 heteroatoms. The molecule has 0 aromatic heterocycles. The fourth-order valence-corrected chi connectivity index (χ4v) is 1.83. The molecule has 0 fully saturated rings. The third-order valence-corrected chi connectivity index (χ3v) is 2.87. The van der Waals surface area contributed by atoms with Gasteiger partial charge in [0.05, 0.1) is 10.5 Å². The molecule has 1 aromatic carbocycles. The third kappa shape index (κ3) is 4.61. The molecule has 0 spiro atoms. The van der Waals surface area contributed by atoms with Crippen LogP contribution in [-0.2, 0) is 0 Å². The van der Waals surface area contributed by atoms with Gasteiger partial charge in [-0.25, -0.2) is 4.79 Å². The summed E-state index contributed by atoms with van der Waals surface area (Å²) in [5, 5.41) is 22.1. The summed E-state index contributed by atoms with van der Waals surface area (Å²) in [6, 6.07) is 3.40. The SMILES string of the molecule is O=C(O)c1cccc([N+](=O)[O-])c1NCCSC(F)(F)F. The number of nitrogens with one attached hydrogen (secondary N) is 1. The van der Waals surface area contributed by atoms with Gasteiger partial charge >= 0.3 is 11.5 Å². The summed E-state index contributed by atoms with van der Waals surface area (Å²) in [6.07, 6.45) is 0. The maximum atomic E-state index is 11.9. The Kier molecular flexibility index (Phi) is 5.19. The molecule has 2 N–H and O–H groups in total. The van der Waals surface area contributed by atoms with Crippen molar-refractivity contribution in [3.8, 4) is 0 Å². The molecule has 0 heterocycles. The molecule has 0 radical (unpaired) electrons. The quantitative estimate of drug-likeness (QED) is 0.477. The first kappa shape index (κ1) is 16.1. The van der Waals surface area contributed by atoms with Crippen molar-refractivity contribution >= 4 is 29.1 Å². The number of carboxylic acid groups (broad SMARTS) is 1. The molecular weight excluding hydrogens is 301 g/mol. The standard InChI is InChI=1S/C10H9F3N2O4S/c11-10(12,13)20-5-4-14-8-6(9(16)17)2-1-3-7(8)15(18)19/h1-3,14H,4-5H2,(H,16,17). The van der Waals surface area contributed by atoms with Crippen molar-refractivity contribution in [2.45, 2.75) is 5.51 Å². The molecule has 0 aliphatic rings. The van der Waals surface area contributed by atoms with E-state index in [9.17, 15) is 28.1 Å². The zero-order valence-corrected chi connectivity index (χ0v) is 10.6. The predicted octanol–water partition coefficient (Wildman–Crippen LogP) is 2.96. The molecule has 110 valence electrons. The van der Waals surface area contributed by atoms with Gasteiger partial charge in [0.15, 0.2) is 0 Å². The highest BCUT2D eigenvalue weighted by atomic mass is 32.2. The molecule has 1 rings (SSSR count). The van der Waals surface area contributed by atoms with Gasteiger partial charge < -0.3 is 10.4 Å². The largest absolute Gasteiger partial charge is 0.478 e. The van der Waals surface area contributed by atoms with Crippen LogP contribution >= 0.6 is 11.8 Å². The molecular formula is C10H9F3N2O4S. The first-order chi connectivity index (χ1) is 9.22. The monoisotopic (exact) mass is 310 g/mol. The molecule has 0 aliphatic carbocycles. The predicted molar refractivity (Wildman–Crippen MR) is 67.1 cm³/mol. The number of benzene rings is 1. The first-order valence-electron chi connectivity index (χ1n) is 5.17. The number of nitro benzene ring substituents is 1. The van der Waals surface area contributed by atoms with Gasteiger partial charge in [-0.15, -0.1) is 0 Å². The number of carbonyl (C=O) groups is 1. The van der Waals surface area contributed by atoms with Crippen molar-refractivity contribution < 1.29 is 28.0 Å². The van der Waals surface area contributed by atoms with E-state index in [2.05, 4.69) is 5.32 Å². The van der Waals surface area contributed by atoms with E-state index < -0.39 is 27.8 Å². The van der Waals surface area contributed by atoms with Crippen LogP contribution in [0.15, 0.2) is 18.2 Å². The minimum Gasteiger partial charge on any atom is -0.478 e. The van der Waals surface area contributed by atoms with Gasteiger partial charge in [0.1, 0.15) is 5.69 Å². The van der Waals surface area contributed by atoms with Crippen molar-refractivity contribution in [1.82, 2.24) is 0 Å². The van der Waals surface area contributed by atoms with Crippen LogP contribution in [-0.4, -0.2) is 33.8 Å². The van der Waals surface area contributed by atoms with Gasteiger partial charge in [0.25, 0.3) is 5.69 Å². The smallest absolute Gasteiger partial charge is 0.441 e. The topological polar surface area (TPSA) is 92.5 Å². The zero-order chi connectivity index (χ0) is 15.3. The van der Waals surface area contributed by atoms with Crippen molar-refractivity contribution in [3.63, 3.8) is 0 Å². The van der Waals surface area contributed by atoms with Crippen LogP contribution in [0, 0.1) is 10.1 Å². The molecule has 0 aliphatic heterocycles. The Balaban J connectivity index is 2.86. The van der Waals surface area contributed by atoms with E-state index in [1.54, 1.807) is 0 Å². The number of nitrogens with zero attached hydrogens (tertiary/aromatic N) is 1. The van der Waals surface area contributed by atoms with Crippen LogP contribution in [0.1, 0.15) is 10.4 Å². The third-order valence-electron chi connectivity index (χ3n) is 2.14. The summed E-state index contributed by atoms with van der Waals surface area (Å²) in [4.78, 5) is 20.9. The van der Waals surface area contributed by atoms with Gasteiger partial charge in [0, 0.05) is 18.4 Å². The number of alkyl halides is 3. The van der Waals surface area contributed by atoms with Gasteiger partial charge in [-0.1, -0.05) is 6.07 Å². The molecule has 20 heavy (non-hydrogen) atoms. The molecule has 0 unspecified atom stereocenters. The first-order valence-corrected chi connectivity index (χ1v) is 6.16. The number of carboxylic acids is 1. The van der Waals surface area contributed by atoms with Crippen LogP contribution in [0.5, 0.6) is 0 Å². The number of nitro groups is 1. The molecule has 0 atom stereocenters. The number of thioether (sulfide) groups is 1. The lowest BCUT2D eigenvalue weighted by Gasteiger charge is -2.10. The second-order valence-electron chi connectivity index (χ2n) is 3.48. The molecule has 0 saturated heterocycles. The minimum atomic E-state index is -4.40. The average Bonchev–Trinajstić information content (AvgIpc) is 2.32. The van der Waals surface area contributed by atoms with Gasteiger partial charge in [-0.05, 0) is 17.8 Å². The van der Waals surface area contributed by atoms with Crippen LogP contribution in [0.3, 0.4) is 0 Å². The fraction of sp³-hybridized carbons (Fsp3) is 0.300. The Labute approximate surface area is 115 Å². The summed E-state index contributed by atoms with van der Waals surface area (Å²) in [6.45, 7) is -0.255. The van der Waals surface area contributed by atoms with E-state index >= 15 is 0 Å². The summed E-state index contributed by atoms with van der Waals surface area (Å²) >= 11 is -0.298. The Bertz CT molecular complexity index is 489. The van der Waals surface area contributed by atoms with E-state index in [1.807, 2.05) is 0 Å². The number of anilines is 1. The van der Waals surface area contributed by atoms with E-state index in [1.165, 1.54) is 6.07 Å². The summed E-state index contributed by atoms with van der Waals surface area (Å²) in [5.74, 6) is -1.80. The maximum Gasteiger partial charge on any atom is 0.441 e. The van der Waals surface area contributed by atoms with Crippen molar-refractivity contribution in [2.24, 2.45) is 0 Å². The molecule has 0 amide bonds. The van der Waals surface area contributed by atoms with Crippen LogP contribution in [0.25, 0.3) is 0 Å². The van der Waals surface area contributed by atoms with Crippen LogP contribution < -0.4 is 5.32 Å². The number of para-hydroxylation sites is 1. The number of halogens is 3. The number of hydrogen-bond acceptors (Lipinski definition) is 5. The molecule has 1 aromatic rings. The molecule has 6 nitrogen and oxygen atoms in total. The zero-order valence-electron chi connectivity index (χ0n) is 9.81. The van der Waals surface area contributed by atoms with Crippen molar-refractivity contribution in [1.29, 1.82) is 0 Å². The number of aromatic carboxylic acids is 1. The second kappa shape index (κ2) is 6.46. The van der Waals surface area contributed by atoms with E-state index in [4.69, 9.17) is 5.11 Å². The lowest BCUT2D eigenvalue weighted by molar-refractivity contribution is -0.384. The van der Waals surface area contributed by atoms with Gasteiger partial charge in [0.2, 0.25) is 0 Å². The van der Waals surface area contributed by atoms with Crippen LogP contribution in [0.4, 0.5) is 24.5 Å². The molecule has 0 bridgehead atoms. The minimum absolute atomic E-state index is 0.255. The van der Waals surface area contributed by atoms with Gasteiger partial charge in [-0.3, -0.25) is 10.1 Å². The number of hydrogen-bond donors (Lipinski definition) is 2. The summed E-state index contributed by atoms with van der Waals surface area (Å²) in [5.41, 5.74) is -5.56. The summed E-state index contributed by atoms with van der Waals surface area (Å²) in [7, 11) is 0. The van der Waals surface area contributed by atoms with Crippen molar-refractivity contribution in [3.05, 3.63) is 33.9 Å². The average molecular weight is 310 g/mol. The van der Waals surface area contributed by atoms with Crippen LogP contribution in [0.2, 0.25) is 0 Å². The lowest BCUT2D eigenvalue weighted by Crippen LogP contribution is -2.13. The Hall–Kier alpha value is -1.97. The van der Waals surface area contributed by atoms with Crippen molar-refractivity contribution in [2.75, 3.05) is 17.6 Å². The lowest BCUT2D eigenvalue weighted by atomic mass is 10.1.